The molecule has 168 valence electrons. The Morgan fingerprint density at radius 1 is 1.00 bits per heavy atom. The fourth-order valence-corrected chi connectivity index (χ4v) is 4.84. The Balaban J connectivity index is 1.47. The van der Waals surface area contributed by atoms with Gasteiger partial charge < -0.3 is 14.4 Å². The average molecular weight is 447 g/mol. The Labute approximate surface area is 184 Å². The first-order valence-corrected chi connectivity index (χ1v) is 12.0. The molecule has 1 N–H and O–H groups in total. The predicted octanol–water partition coefficient (Wildman–Crippen LogP) is 3.05. The lowest BCUT2D eigenvalue weighted by atomic mass is 10.1. The van der Waals surface area contributed by atoms with E-state index in [1.807, 2.05) is 26.8 Å². The highest BCUT2D eigenvalue weighted by Gasteiger charge is 2.27. The molecule has 7 nitrogen and oxygen atoms in total. The normalized spacial score (nSPS) is 15.0. The lowest BCUT2D eigenvalue weighted by Crippen LogP contribution is -2.47. The molecule has 0 radical (unpaired) electrons. The number of carbonyl (C=O) groups is 1. The molecule has 0 aliphatic carbocycles. The van der Waals surface area contributed by atoms with Crippen molar-refractivity contribution in [2.75, 3.05) is 26.3 Å². The third-order valence-corrected chi connectivity index (χ3v) is 6.97. The van der Waals surface area contributed by atoms with Gasteiger partial charge in [-0.1, -0.05) is 6.07 Å². The Kier molecular flexibility index (Phi) is 7.56. The molecule has 0 unspecified atom stereocenters. The van der Waals surface area contributed by atoms with Crippen molar-refractivity contribution in [2.24, 2.45) is 0 Å². The van der Waals surface area contributed by atoms with Crippen LogP contribution in [0.3, 0.4) is 0 Å². The van der Waals surface area contributed by atoms with Crippen molar-refractivity contribution in [2.45, 2.75) is 44.6 Å². The monoisotopic (exact) mass is 446 g/mol. The van der Waals surface area contributed by atoms with Gasteiger partial charge in [-0.2, -0.15) is 0 Å². The van der Waals surface area contributed by atoms with Crippen molar-refractivity contribution in [3.63, 3.8) is 0 Å². The lowest BCUT2D eigenvalue weighted by molar-refractivity contribution is -0.134. The topological polar surface area (TPSA) is 84.9 Å². The third-order valence-electron chi connectivity index (χ3n) is 5.46. The van der Waals surface area contributed by atoms with Crippen LogP contribution in [0.25, 0.3) is 0 Å². The first kappa shape index (κ1) is 23.1. The number of nitrogens with zero attached hydrogens (tertiary/aromatic N) is 1. The third kappa shape index (κ3) is 6.21. The average Bonchev–Trinajstić information content (AvgIpc) is 2.75. The van der Waals surface area contributed by atoms with Gasteiger partial charge in [0.05, 0.1) is 11.5 Å². The fraction of sp³-hybridized carbons (Fsp3) is 0.435. The van der Waals surface area contributed by atoms with Gasteiger partial charge in [-0.25, -0.2) is 13.1 Å². The van der Waals surface area contributed by atoms with Crippen LogP contribution in [-0.2, 0) is 14.8 Å². The van der Waals surface area contributed by atoms with Crippen molar-refractivity contribution >= 4 is 15.9 Å². The number of sulfonamides is 1. The van der Waals surface area contributed by atoms with E-state index in [1.165, 1.54) is 0 Å². The van der Waals surface area contributed by atoms with Crippen LogP contribution >= 0.6 is 0 Å². The van der Waals surface area contributed by atoms with Crippen LogP contribution < -0.4 is 14.2 Å². The van der Waals surface area contributed by atoms with E-state index in [0.717, 1.165) is 16.9 Å². The van der Waals surface area contributed by atoms with E-state index in [2.05, 4.69) is 4.72 Å². The molecule has 1 fully saturated rings. The summed E-state index contributed by atoms with van der Waals surface area (Å²) in [6, 6.07) is 12.1. The summed E-state index contributed by atoms with van der Waals surface area (Å²) in [7, 11) is -3.58. The molecular weight excluding hydrogens is 416 g/mol. The van der Waals surface area contributed by atoms with Crippen molar-refractivity contribution in [3.05, 3.63) is 53.6 Å². The largest absolute Gasteiger partial charge is 0.494 e. The number of aryl methyl sites for hydroxylation is 2. The van der Waals surface area contributed by atoms with Crippen LogP contribution in [-0.4, -0.2) is 51.6 Å². The number of nitrogens with one attached hydrogen (secondary N) is 1. The summed E-state index contributed by atoms with van der Waals surface area (Å²) in [6.07, 6.45) is 1.14. The highest BCUT2D eigenvalue weighted by Crippen LogP contribution is 2.19. The van der Waals surface area contributed by atoms with Crippen molar-refractivity contribution in [1.29, 1.82) is 0 Å². The Hall–Kier alpha value is -2.58. The first-order valence-electron chi connectivity index (χ1n) is 10.5. The molecule has 0 bridgehead atoms. The minimum absolute atomic E-state index is 0.0486. The van der Waals surface area contributed by atoms with Crippen molar-refractivity contribution < 1.29 is 22.7 Å². The number of rotatable bonds is 8. The summed E-state index contributed by atoms with van der Waals surface area (Å²) in [4.78, 5) is 14.5. The molecule has 1 aliphatic rings. The molecule has 1 amide bonds. The van der Waals surface area contributed by atoms with Gasteiger partial charge >= 0.3 is 0 Å². The summed E-state index contributed by atoms with van der Waals surface area (Å²) in [6.45, 7) is 7.29. The number of piperidine rings is 1. The van der Waals surface area contributed by atoms with Gasteiger partial charge in [0.25, 0.3) is 5.91 Å². The predicted molar refractivity (Wildman–Crippen MR) is 119 cm³/mol. The molecule has 2 aromatic rings. The van der Waals surface area contributed by atoms with Crippen LogP contribution in [0.15, 0.2) is 47.4 Å². The minimum atomic E-state index is -3.58. The van der Waals surface area contributed by atoms with Crippen LogP contribution in [0.4, 0.5) is 0 Å². The molecule has 8 heteroatoms. The summed E-state index contributed by atoms with van der Waals surface area (Å²) in [5.41, 5.74) is 1.99. The maximum atomic E-state index is 12.7. The van der Waals surface area contributed by atoms with Crippen LogP contribution in [0.1, 0.15) is 30.9 Å². The van der Waals surface area contributed by atoms with E-state index >= 15 is 0 Å². The van der Waals surface area contributed by atoms with E-state index < -0.39 is 10.0 Å². The number of hydrogen-bond donors (Lipinski definition) is 1. The highest BCUT2D eigenvalue weighted by atomic mass is 32.2. The molecule has 1 heterocycles. The van der Waals surface area contributed by atoms with Gasteiger partial charge in [-0.3, -0.25) is 4.79 Å². The van der Waals surface area contributed by atoms with E-state index in [4.69, 9.17) is 9.47 Å². The number of benzene rings is 2. The van der Waals surface area contributed by atoms with Crippen molar-refractivity contribution in [3.8, 4) is 11.5 Å². The SMILES string of the molecule is CCOc1ccc(OCC(=O)N2CCC(NS(=O)(=O)c3ccc(C)c(C)c3)CC2)cc1. The maximum absolute atomic E-state index is 12.7. The van der Waals surface area contributed by atoms with Gasteiger partial charge in [-0.05, 0) is 81.1 Å². The Bertz CT molecular complexity index is 997. The molecule has 1 saturated heterocycles. The van der Waals surface area contributed by atoms with Gasteiger partial charge in [0, 0.05) is 19.1 Å². The summed E-state index contributed by atoms with van der Waals surface area (Å²) in [5.74, 6) is 1.25. The summed E-state index contributed by atoms with van der Waals surface area (Å²) >= 11 is 0. The number of ether oxygens (including phenoxy) is 2. The second kappa shape index (κ2) is 10.2. The molecule has 1 aliphatic heterocycles. The molecule has 0 aromatic heterocycles. The van der Waals surface area contributed by atoms with E-state index in [0.29, 0.717) is 38.3 Å². The second-order valence-electron chi connectivity index (χ2n) is 7.72. The summed E-state index contributed by atoms with van der Waals surface area (Å²) < 4.78 is 39.1. The molecular formula is C23H30N2O5S. The Morgan fingerprint density at radius 3 is 2.19 bits per heavy atom. The highest BCUT2D eigenvalue weighted by molar-refractivity contribution is 7.89. The smallest absolute Gasteiger partial charge is 0.260 e. The Morgan fingerprint density at radius 2 is 1.61 bits per heavy atom. The van der Waals surface area contributed by atoms with E-state index in [-0.39, 0.29) is 23.5 Å². The quantitative estimate of drug-likeness (QED) is 0.674. The molecule has 0 saturated carbocycles. The molecule has 3 rings (SSSR count). The number of likely N-dealkylation sites (tertiary alicyclic amines) is 1. The number of amides is 1. The lowest BCUT2D eigenvalue weighted by Gasteiger charge is -2.32. The number of hydrogen-bond acceptors (Lipinski definition) is 5. The molecule has 0 spiro atoms. The maximum Gasteiger partial charge on any atom is 0.260 e. The van der Waals surface area contributed by atoms with Crippen LogP contribution in [0.2, 0.25) is 0 Å². The van der Waals surface area contributed by atoms with Gasteiger partial charge in [-0.15, -0.1) is 0 Å². The number of carbonyl (C=O) groups excluding carboxylic acids is 1. The zero-order valence-corrected chi connectivity index (χ0v) is 19.1. The van der Waals surface area contributed by atoms with E-state index in [1.54, 1.807) is 41.3 Å². The van der Waals surface area contributed by atoms with Crippen LogP contribution in [0.5, 0.6) is 11.5 Å². The molecule has 2 aromatic carbocycles. The zero-order valence-electron chi connectivity index (χ0n) is 18.3. The van der Waals surface area contributed by atoms with Gasteiger partial charge in [0.15, 0.2) is 6.61 Å². The second-order valence-corrected chi connectivity index (χ2v) is 9.43. The van der Waals surface area contributed by atoms with Gasteiger partial charge in [0.1, 0.15) is 11.5 Å². The minimum Gasteiger partial charge on any atom is -0.494 e. The first-order chi connectivity index (χ1) is 14.8. The van der Waals surface area contributed by atoms with Gasteiger partial charge in [0.2, 0.25) is 10.0 Å². The molecule has 0 atom stereocenters. The van der Waals surface area contributed by atoms with Crippen molar-refractivity contribution in [1.82, 2.24) is 9.62 Å². The zero-order chi connectivity index (χ0) is 22.4. The van der Waals surface area contributed by atoms with E-state index in [9.17, 15) is 13.2 Å². The van der Waals surface area contributed by atoms with Crippen LogP contribution in [0, 0.1) is 13.8 Å². The molecule has 31 heavy (non-hydrogen) atoms. The summed E-state index contributed by atoms with van der Waals surface area (Å²) in [5, 5.41) is 0. The fourth-order valence-electron chi connectivity index (χ4n) is 3.45. The standard InChI is InChI=1S/C23H30N2O5S/c1-4-29-20-6-8-21(9-7-20)30-16-23(26)25-13-11-19(12-14-25)24-31(27,28)22-10-5-17(2)18(3)15-22/h5-10,15,19,24H,4,11-14,16H2,1-3H3.